The van der Waals surface area contributed by atoms with Crippen molar-refractivity contribution in [2.24, 2.45) is 0 Å². The molecule has 0 saturated carbocycles. The van der Waals surface area contributed by atoms with Crippen molar-refractivity contribution in [1.82, 2.24) is 0 Å². The van der Waals surface area contributed by atoms with Crippen LogP contribution in [0.3, 0.4) is 0 Å². The average molecular weight is 254 g/mol. The summed E-state index contributed by atoms with van der Waals surface area (Å²) < 4.78 is 9.79. The van der Waals surface area contributed by atoms with E-state index in [1.807, 2.05) is 13.8 Å². The highest BCUT2D eigenvalue weighted by Gasteiger charge is 1.95. The van der Waals surface area contributed by atoms with E-state index >= 15 is 0 Å². The van der Waals surface area contributed by atoms with E-state index in [2.05, 4.69) is 0 Å². The van der Waals surface area contributed by atoms with E-state index in [-0.39, 0.29) is 0 Å². The maximum absolute atomic E-state index is 11.1. The van der Waals surface area contributed by atoms with Crippen LogP contribution in [0.15, 0.2) is 24.3 Å². The van der Waals surface area contributed by atoms with Crippen molar-refractivity contribution in [1.29, 1.82) is 0 Å². The smallest absolute Gasteiger partial charge is 0.330 e. The molecule has 0 spiro atoms. The lowest BCUT2D eigenvalue weighted by Crippen LogP contribution is -2.02. The zero-order chi connectivity index (χ0) is 13.6. The van der Waals surface area contributed by atoms with Crippen LogP contribution in [-0.4, -0.2) is 25.2 Å². The van der Waals surface area contributed by atoms with Crippen molar-refractivity contribution in [2.45, 2.75) is 39.5 Å². The van der Waals surface area contributed by atoms with Crippen LogP contribution in [0, 0.1) is 0 Å². The molecule has 0 saturated heterocycles. The zero-order valence-electron chi connectivity index (χ0n) is 11.2. The molecule has 0 aromatic heterocycles. The molecule has 0 amide bonds. The van der Waals surface area contributed by atoms with E-state index in [9.17, 15) is 9.59 Å². The Balaban J connectivity index is 3.72. The molecular weight excluding hydrogens is 232 g/mol. The second-order valence-electron chi connectivity index (χ2n) is 3.76. The third-order valence-electron chi connectivity index (χ3n) is 2.06. The average Bonchev–Trinajstić information content (AvgIpc) is 2.35. The summed E-state index contributed by atoms with van der Waals surface area (Å²) in [4.78, 5) is 22.2. The van der Waals surface area contributed by atoms with Gasteiger partial charge in [-0.15, -0.1) is 0 Å². The molecule has 0 rings (SSSR count). The van der Waals surface area contributed by atoms with E-state index in [1.54, 1.807) is 0 Å². The third-order valence-corrected chi connectivity index (χ3v) is 2.06. The van der Waals surface area contributed by atoms with E-state index in [1.165, 1.54) is 24.3 Å². The summed E-state index contributed by atoms with van der Waals surface area (Å²) in [6.45, 7) is 4.91. The summed E-state index contributed by atoms with van der Waals surface area (Å²) >= 11 is 0. The van der Waals surface area contributed by atoms with Crippen LogP contribution in [0.25, 0.3) is 0 Å². The maximum Gasteiger partial charge on any atom is 0.330 e. The second kappa shape index (κ2) is 11.9. The number of hydrogen-bond donors (Lipinski definition) is 0. The van der Waals surface area contributed by atoms with Gasteiger partial charge in [0.15, 0.2) is 0 Å². The van der Waals surface area contributed by atoms with Crippen LogP contribution < -0.4 is 0 Å². The number of carbonyl (C=O) groups is 2. The zero-order valence-corrected chi connectivity index (χ0v) is 11.2. The fourth-order valence-corrected chi connectivity index (χ4v) is 0.999. The minimum Gasteiger partial charge on any atom is -0.463 e. The highest BCUT2D eigenvalue weighted by Crippen LogP contribution is 1.92. The van der Waals surface area contributed by atoms with E-state index in [0.717, 1.165) is 25.7 Å². The SMILES string of the molecule is CCCCOC(=O)C=C/C=C/C(=O)OCCCC. The summed E-state index contributed by atoms with van der Waals surface area (Å²) in [7, 11) is 0. The van der Waals surface area contributed by atoms with Gasteiger partial charge in [-0.05, 0) is 12.8 Å². The van der Waals surface area contributed by atoms with Gasteiger partial charge >= 0.3 is 11.9 Å². The molecule has 4 nitrogen and oxygen atoms in total. The monoisotopic (exact) mass is 254 g/mol. The van der Waals surface area contributed by atoms with Crippen LogP contribution in [0.4, 0.5) is 0 Å². The molecule has 0 N–H and O–H groups in total. The predicted molar refractivity (Wildman–Crippen MR) is 70.0 cm³/mol. The van der Waals surface area contributed by atoms with E-state index in [4.69, 9.17) is 9.47 Å². The van der Waals surface area contributed by atoms with Gasteiger partial charge in [-0.25, -0.2) is 9.59 Å². The van der Waals surface area contributed by atoms with Crippen LogP contribution in [0.1, 0.15) is 39.5 Å². The molecule has 4 heteroatoms. The van der Waals surface area contributed by atoms with Gasteiger partial charge in [-0.2, -0.15) is 0 Å². The van der Waals surface area contributed by atoms with Crippen LogP contribution in [-0.2, 0) is 19.1 Å². The van der Waals surface area contributed by atoms with Crippen molar-refractivity contribution in [3.8, 4) is 0 Å². The predicted octanol–water partition coefficient (Wildman–Crippen LogP) is 2.79. The van der Waals surface area contributed by atoms with Gasteiger partial charge < -0.3 is 9.47 Å². The van der Waals surface area contributed by atoms with Gasteiger partial charge in [0, 0.05) is 12.2 Å². The summed E-state index contributed by atoms with van der Waals surface area (Å²) in [5.41, 5.74) is 0. The molecule has 102 valence electrons. The molecule has 0 aliphatic rings. The molecule has 0 unspecified atom stereocenters. The lowest BCUT2D eigenvalue weighted by atomic mass is 10.3. The Bertz CT molecular complexity index is 262. The van der Waals surface area contributed by atoms with Crippen molar-refractivity contribution < 1.29 is 19.1 Å². The Morgan fingerprint density at radius 2 is 1.22 bits per heavy atom. The molecule has 0 heterocycles. The van der Waals surface area contributed by atoms with Crippen LogP contribution in [0.5, 0.6) is 0 Å². The Hall–Kier alpha value is -1.58. The quantitative estimate of drug-likeness (QED) is 0.275. The van der Waals surface area contributed by atoms with Crippen molar-refractivity contribution >= 4 is 11.9 Å². The molecule has 0 fully saturated rings. The lowest BCUT2D eigenvalue weighted by Gasteiger charge is -1.98. The highest BCUT2D eigenvalue weighted by atomic mass is 16.5. The van der Waals surface area contributed by atoms with Crippen molar-refractivity contribution in [2.75, 3.05) is 13.2 Å². The number of esters is 2. The molecule has 18 heavy (non-hydrogen) atoms. The highest BCUT2D eigenvalue weighted by molar-refractivity contribution is 5.84. The number of carbonyl (C=O) groups excluding carboxylic acids is 2. The van der Waals surface area contributed by atoms with Gasteiger partial charge in [-0.3, -0.25) is 0 Å². The number of allylic oxidation sites excluding steroid dienone is 2. The van der Waals surface area contributed by atoms with Gasteiger partial charge in [0.05, 0.1) is 13.2 Å². The Kier molecular flexibility index (Phi) is 10.8. The van der Waals surface area contributed by atoms with Gasteiger partial charge in [-0.1, -0.05) is 38.8 Å². The Labute approximate surface area is 109 Å². The lowest BCUT2D eigenvalue weighted by molar-refractivity contribution is -0.138. The summed E-state index contributed by atoms with van der Waals surface area (Å²) in [6, 6.07) is 0. The van der Waals surface area contributed by atoms with Gasteiger partial charge in [0.2, 0.25) is 0 Å². The fourth-order valence-electron chi connectivity index (χ4n) is 0.999. The molecule has 0 aliphatic carbocycles. The molecule has 0 atom stereocenters. The molecular formula is C14H22O4. The van der Waals surface area contributed by atoms with Gasteiger partial charge in [0.25, 0.3) is 0 Å². The van der Waals surface area contributed by atoms with Crippen LogP contribution >= 0.6 is 0 Å². The van der Waals surface area contributed by atoms with Crippen molar-refractivity contribution in [3.63, 3.8) is 0 Å². The first-order valence-electron chi connectivity index (χ1n) is 6.39. The Morgan fingerprint density at radius 3 is 1.56 bits per heavy atom. The summed E-state index contributed by atoms with van der Waals surface area (Å²) in [5.74, 6) is -0.792. The summed E-state index contributed by atoms with van der Waals surface area (Å²) in [6.07, 6.45) is 9.20. The Morgan fingerprint density at radius 1 is 0.833 bits per heavy atom. The first-order chi connectivity index (χ1) is 8.70. The summed E-state index contributed by atoms with van der Waals surface area (Å²) in [5, 5.41) is 0. The largest absolute Gasteiger partial charge is 0.463 e. The number of ether oxygens (including phenoxy) is 2. The molecule has 0 bridgehead atoms. The minimum atomic E-state index is -0.396. The van der Waals surface area contributed by atoms with E-state index < -0.39 is 11.9 Å². The third kappa shape index (κ3) is 10.9. The number of rotatable bonds is 9. The second-order valence-corrected chi connectivity index (χ2v) is 3.76. The standard InChI is InChI=1S/C14H22O4/c1-3-5-11-17-13(15)9-7-8-10-14(16)18-12-6-4-2/h7-10H,3-6,11-12H2,1-2H3/b9-7+,10-8?. The number of unbranched alkanes of at least 4 members (excludes halogenated alkanes) is 2. The fraction of sp³-hybridized carbons (Fsp3) is 0.571. The van der Waals surface area contributed by atoms with Gasteiger partial charge in [0.1, 0.15) is 0 Å². The normalized spacial score (nSPS) is 11.0. The van der Waals surface area contributed by atoms with E-state index in [0.29, 0.717) is 13.2 Å². The molecule has 0 aromatic carbocycles. The van der Waals surface area contributed by atoms with Crippen LogP contribution in [0.2, 0.25) is 0 Å². The molecule has 0 aromatic rings. The molecule has 0 radical (unpaired) electrons. The maximum atomic E-state index is 11.1. The topological polar surface area (TPSA) is 52.6 Å². The van der Waals surface area contributed by atoms with Crippen molar-refractivity contribution in [3.05, 3.63) is 24.3 Å². The number of hydrogen-bond acceptors (Lipinski definition) is 4. The minimum absolute atomic E-state index is 0.396. The first kappa shape index (κ1) is 16.4. The first-order valence-corrected chi connectivity index (χ1v) is 6.39. The molecule has 0 aliphatic heterocycles.